The maximum atomic E-state index is 13.5. The highest BCUT2D eigenvalue weighted by Crippen LogP contribution is 2.29. The molecule has 1 saturated carbocycles. The Kier molecular flexibility index (Phi) is 5.16. The second-order valence-corrected chi connectivity index (χ2v) is 6.02. The predicted octanol–water partition coefficient (Wildman–Crippen LogP) is 4.08. The van der Waals surface area contributed by atoms with Crippen LogP contribution in [0.3, 0.4) is 0 Å². The minimum absolute atomic E-state index is 0.0890. The smallest absolute Gasteiger partial charge is 0.147 e. The molecule has 1 atom stereocenters. The van der Waals surface area contributed by atoms with Crippen LogP contribution in [-0.4, -0.2) is 17.8 Å². The van der Waals surface area contributed by atoms with E-state index in [1.54, 1.807) is 0 Å². The van der Waals surface area contributed by atoms with Crippen molar-refractivity contribution in [1.29, 1.82) is 0 Å². The Hall–Kier alpha value is -0.680. The molecule has 1 aromatic carbocycles. The van der Waals surface area contributed by atoms with Crippen molar-refractivity contribution < 1.29 is 13.9 Å². The lowest BCUT2D eigenvalue weighted by Crippen LogP contribution is -2.22. The first-order valence-electron chi connectivity index (χ1n) is 6.62. The highest BCUT2D eigenvalue weighted by molar-refractivity contribution is 9.10. The van der Waals surface area contributed by atoms with E-state index in [0.717, 1.165) is 18.6 Å². The van der Waals surface area contributed by atoms with Crippen molar-refractivity contribution in [2.24, 2.45) is 5.92 Å². The van der Waals surface area contributed by atoms with Gasteiger partial charge in [-0.1, -0.05) is 25.7 Å². The number of benzene rings is 1. The Balaban J connectivity index is 1.85. The molecule has 5 heteroatoms. The van der Waals surface area contributed by atoms with E-state index in [1.165, 1.54) is 25.7 Å². The molecule has 0 bridgehead atoms. The summed E-state index contributed by atoms with van der Waals surface area (Å²) in [6.45, 7) is 0.245. The summed E-state index contributed by atoms with van der Waals surface area (Å²) in [6, 6.07) is 2.18. The van der Waals surface area contributed by atoms with Crippen LogP contribution in [0.15, 0.2) is 16.6 Å². The zero-order valence-electron chi connectivity index (χ0n) is 10.6. The fourth-order valence-electron chi connectivity index (χ4n) is 2.60. The lowest BCUT2D eigenvalue weighted by molar-refractivity contribution is 0.155. The minimum atomic E-state index is -0.527. The third-order valence-corrected chi connectivity index (χ3v) is 4.23. The van der Waals surface area contributed by atoms with E-state index in [0.29, 0.717) is 5.92 Å². The van der Waals surface area contributed by atoms with Gasteiger partial charge in [0.15, 0.2) is 0 Å². The number of rotatable bonds is 5. The Bertz CT molecular complexity index is 436. The molecular formula is C14H18BrF2NO. The van der Waals surface area contributed by atoms with Crippen molar-refractivity contribution in [2.45, 2.75) is 38.2 Å². The first-order chi connectivity index (χ1) is 9.06. The SMILES string of the molecule is OC(CNc1cc(F)c(Br)cc1F)CC1CCCC1. The van der Waals surface area contributed by atoms with E-state index in [2.05, 4.69) is 21.2 Å². The topological polar surface area (TPSA) is 32.3 Å². The predicted molar refractivity (Wildman–Crippen MR) is 75.1 cm³/mol. The number of anilines is 1. The number of hydrogen-bond acceptors (Lipinski definition) is 2. The van der Waals surface area contributed by atoms with Crippen LogP contribution in [0.1, 0.15) is 32.1 Å². The van der Waals surface area contributed by atoms with Crippen molar-refractivity contribution in [3.63, 3.8) is 0 Å². The highest BCUT2D eigenvalue weighted by Gasteiger charge is 2.19. The third-order valence-electron chi connectivity index (χ3n) is 3.62. The normalized spacial score (nSPS) is 17.7. The molecule has 0 heterocycles. The van der Waals surface area contributed by atoms with Gasteiger partial charge in [-0.3, -0.25) is 0 Å². The Labute approximate surface area is 120 Å². The highest BCUT2D eigenvalue weighted by atomic mass is 79.9. The molecule has 0 amide bonds. The van der Waals surface area contributed by atoms with Crippen LogP contribution >= 0.6 is 15.9 Å². The molecule has 106 valence electrons. The maximum Gasteiger partial charge on any atom is 0.147 e. The van der Waals surface area contributed by atoms with E-state index in [4.69, 9.17) is 0 Å². The van der Waals surface area contributed by atoms with Crippen LogP contribution in [0, 0.1) is 17.6 Å². The average Bonchev–Trinajstić information content (AvgIpc) is 2.85. The number of nitrogens with one attached hydrogen (secondary N) is 1. The first-order valence-corrected chi connectivity index (χ1v) is 7.42. The minimum Gasteiger partial charge on any atom is -0.391 e. The quantitative estimate of drug-likeness (QED) is 0.796. The first kappa shape index (κ1) is 14.7. The Morgan fingerprint density at radius 2 is 1.95 bits per heavy atom. The summed E-state index contributed by atoms with van der Waals surface area (Å²) in [7, 11) is 0. The molecule has 0 spiro atoms. The van der Waals surface area contributed by atoms with Gasteiger partial charge < -0.3 is 10.4 Å². The third kappa shape index (κ3) is 4.14. The van der Waals surface area contributed by atoms with Crippen LogP contribution in [-0.2, 0) is 0 Å². The zero-order valence-corrected chi connectivity index (χ0v) is 12.2. The molecule has 1 fully saturated rings. The number of aliphatic hydroxyl groups is 1. The van der Waals surface area contributed by atoms with Crippen molar-refractivity contribution >= 4 is 21.6 Å². The fraction of sp³-hybridized carbons (Fsp3) is 0.571. The van der Waals surface area contributed by atoms with Gasteiger partial charge in [-0.05, 0) is 34.3 Å². The van der Waals surface area contributed by atoms with E-state index >= 15 is 0 Å². The standard InChI is InChI=1S/C14H18BrF2NO/c15-11-6-13(17)14(7-12(11)16)18-8-10(19)5-9-3-1-2-4-9/h6-7,9-10,18-19H,1-5,8H2. The van der Waals surface area contributed by atoms with Gasteiger partial charge in [-0.25, -0.2) is 8.78 Å². The second kappa shape index (κ2) is 6.66. The van der Waals surface area contributed by atoms with Crippen LogP contribution in [0.2, 0.25) is 0 Å². The Morgan fingerprint density at radius 3 is 2.63 bits per heavy atom. The number of hydrogen-bond donors (Lipinski definition) is 2. The van der Waals surface area contributed by atoms with Gasteiger partial charge in [-0.15, -0.1) is 0 Å². The lowest BCUT2D eigenvalue weighted by Gasteiger charge is -2.17. The molecule has 0 aromatic heterocycles. The number of aliphatic hydroxyl groups excluding tert-OH is 1. The van der Waals surface area contributed by atoms with Crippen LogP contribution in [0.25, 0.3) is 0 Å². The molecule has 1 aliphatic rings. The molecular weight excluding hydrogens is 316 g/mol. The molecule has 1 unspecified atom stereocenters. The molecule has 0 saturated heterocycles. The molecule has 2 rings (SSSR count). The van der Waals surface area contributed by atoms with Gasteiger partial charge in [0, 0.05) is 12.6 Å². The van der Waals surface area contributed by atoms with Crippen LogP contribution in [0.4, 0.5) is 14.5 Å². The molecule has 1 aromatic rings. The summed E-state index contributed by atoms with van der Waals surface area (Å²) in [4.78, 5) is 0. The summed E-state index contributed by atoms with van der Waals surface area (Å²) >= 11 is 2.93. The molecule has 19 heavy (non-hydrogen) atoms. The van der Waals surface area contributed by atoms with Crippen molar-refractivity contribution in [3.8, 4) is 0 Å². The molecule has 1 aliphatic carbocycles. The molecule has 2 nitrogen and oxygen atoms in total. The Morgan fingerprint density at radius 1 is 1.26 bits per heavy atom. The van der Waals surface area contributed by atoms with Crippen molar-refractivity contribution in [1.82, 2.24) is 0 Å². The van der Waals surface area contributed by atoms with E-state index < -0.39 is 17.7 Å². The largest absolute Gasteiger partial charge is 0.391 e. The van der Waals surface area contributed by atoms with E-state index in [-0.39, 0.29) is 16.7 Å². The lowest BCUT2D eigenvalue weighted by atomic mass is 10.00. The molecule has 0 radical (unpaired) electrons. The summed E-state index contributed by atoms with van der Waals surface area (Å²) < 4.78 is 26.9. The average molecular weight is 334 g/mol. The van der Waals surface area contributed by atoms with Crippen LogP contribution < -0.4 is 5.32 Å². The van der Waals surface area contributed by atoms with Gasteiger partial charge in [0.1, 0.15) is 11.6 Å². The summed E-state index contributed by atoms with van der Waals surface area (Å²) in [5.41, 5.74) is 0.0890. The molecule has 2 N–H and O–H groups in total. The van der Waals surface area contributed by atoms with Gasteiger partial charge >= 0.3 is 0 Å². The van der Waals surface area contributed by atoms with Crippen molar-refractivity contribution in [3.05, 3.63) is 28.2 Å². The zero-order chi connectivity index (χ0) is 13.8. The molecule has 0 aliphatic heterocycles. The monoisotopic (exact) mass is 333 g/mol. The summed E-state index contributed by atoms with van der Waals surface area (Å²) in [5.74, 6) is -0.473. The van der Waals surface area contributed by atoms with Gasteiger partial charge in [0.2, 0.25) is 0 Å². The summed E-state index contributed by atoms with van der Waals surface area (Å²) in [5, 5.41) is 12.7. The number of halogens is 3. The second-order valence-electron chi connectivity index (χ2n) is 5.17. The maximum absolute atomic E-state index is 13.5. The van der Waals surface area contributed by atoms with Crippen molar-refractivity contribution in [2.75, 3.05) is 11.9 Å². The van der Waals surface area contributed by atoms with Gasteiger partial charge in [0.05, 0.1) is 16.3 Å². The van der Waals surface area contributed by atoms with Gasteiger partial charge in [-0.2, -0.15) is 0 Å². The van der Waals surface area contributed by atoms with Gasteiger partial charge in [0.25, 0.3) is 0 Å². The summed E-state index contributed by atoms with van der Waals surface area (Å²) in [6.07, 6.45) is 5.01. The van der Waals surface area contributed by atoms with E-state index in [9.17, 15) is 13.9 Å². The fourth-order valence-corrected chi connectivity index (χ4v) is 2.92. The van der Waals surface area contributed by atoms with Crippen LogP contribution in [0.5, 0.6) is 0 Å². The van der Waals surface area contributed by atoms with E-state index in [1.807, 2.05) is 0 Å².